The van der Waals surface area contributed by atoms with Crippen LogP contribution in [0.2, 0.25) is 0 Å². The lowest BCUT2D eigenvalue weighted by atomic mass is 10.2. The number of fused-ring (bicyclic) bond motifs is 1. The third-order valence-electron chi connectivity index (χ3n) is 4.53. The number of H-pyrrole nitrogens is 1. The summed E-state index contributed by atoms with van der Waals surface area (Å²) in [7, 11) is 0. The Kier molecular flexibility index (Phi) is 3.29. The van der Waals surface area contributed by atoms with Gasteiger partial charge in [-0.25, -0.2) is 0 Å². The third-order valence-corrected chi connectivity index (χ3v) is 4.53. The number of hydrogen-bond donors (Lipinski definition) is 2. The van der Waals surface area contributed by atoms with Crippen molar-refractivity contribution < 1.29 is 4.42 Å². The number of hydrogen-bond acceptors (Lipinski definition) is 5. The Bertz CT molecular complexity index is 976. The number of nitrogens with zero attached hydrogens (tertiary/aromatic N) is 4. The molecule has 0 radical (unpaired) electrons. The number of furan rings is 1. The van der Waals surface area contributed by atoms with Crippen molar-refractivity contribution in [3.05, 3.63) is 48.3 Å². The fourth-order valence-electron chi connectivity index (χ4n) is 2.98. The van der Waals surface area contributed by atoms with Crippen LogP contribution in [0, 0.1) is 5.92 Å². The van der Waals surface area contributed by atoms with Gasteiger partial charge in [-0.2, -0.15) is 5.10 Å². The topological polar surface area (TPSA) is 84.6 Å². The number of anilines is 1. The first-order valence-electron chi connectivity index (χ1n) is 8.50. The number of benzene rings is 1. The molecule has 3 heterocycles. The van der Waals surface area contributed by atoms with E-state index in [4.69, 9.17) is 4.42 Å². The van der Waals surface area contributed by atoms with Gasteiger partial charge >= 0.3 is 0 Å². The lowest BCUT2D eigenvalue weighted by Crippen LogP contribution is -2.00. The predicted molar refractivity (Wildman–Crippen MR) is 93.9 cm³/mol. The molecule has 0 bridgehead atoms. The summed E-state index contributed by atoms with van der Waals surface area (Å²) >= 11 is 0. The molecule has 0 spiro atoms. The summed E-state index contributed by atoms with van der Waals surface area (Å²) in [5.74, 6) is 2.34. The SMILES string of the molecule is c1ccc2oc(-c3[nH]ncc3CNc3cn(CC4CC4)nn3)cc2c1. The van der Waals surface area contributed by atoms with E-state index in [1.807, 2.05) is 47.4 Å². The molecule has 7 nitrogen and oxygen atoms in total. The first-order chi connectivity index (χ1) is 12.3. The fraction of sp³-hybridized carbons (Fsp3) is 0.278. The monoisotopic (exact) mass is 334 g/mol. The van der Waals surface area contributed by atoms with E-state index in [1.165, 1.54) is 12.8 Å². The van der Waals surface area contributed by atoms with Crippen molar-refractivity contribution in [3.8, 4) is 11.5 Å². The molecule has 1 aromatic carbocycles. The van der Waals surface area contributed by atoms with Gasteiger partial charge in [-0.05, 0) is 30.9 Å². The number of para-hydroxylation sites is 1. The number of aromatic nitrogens is 5. The number of nitrogens with one attached hydrogen (secondary N) is 2. The van der Waals surface area contributed by atoms with E-state index in [-0.39, 0.29) is 0 Å². The van der Waals surface area contributed by atoms with Crippen LogP contribution in [-0.2, 0) is 13.1 Å². The highest BCUT2D eigenvalue weighted by Gasteiger charge is 2.22. The lowest BCUT2D eigenvalue weighted by molar-refractivity contribution is 0.544. The van der Waals surface area contributed by atoms with E-state index >= 15 is 0 Å². The highest BCUT2D eigenvalue weighted by atomic mass is 16.3. The summed E-state index contributed by atoms with van der Waals surface area (Å²) in [6.07, 6.45) is 6.38. The molecule has 0 unspecified atom stereocenters. The molecule has 1 aliphatic rings. The van der Waals surface area contributed by atoms with Gasteiger partial charge in [-0.3, -0.25) is 9.78 Å². The minimum Gasteiger partial charge on any atom is -0.454 e. The first kappa shape index (κ1) is 14.3. The molecule has 1 fully saturated rings. The molecule has 7 heteroatoms. The molecule has 0 aliphatic heterocycles. The summed E-state index contributed by atoms with van der Waals surface area (Å²) in [5.41, 5.74) is 2.78. The minimum absolute atomic E-state index is 0.602. The smallest absolute Gasteiger partial charge is 0.168 e. The Morgan fingerprint density at radius 2 is 2.20 bits per heavy atom. The molecule has 25 heavy (non-hydrogen) atoms. The average molecular weight is 334 g/mol. The van der Waals surface area contributed by atoms with E-state index < -0.39 is 0 Å². The van der Waals surface area contributed by atoms with Gasteiger partial charge < -0.3 is 9.73 Å². The van der Waals surface area contributed by atoms with Gasteiger partial charge in [-0.15, -0.1) is 5.10 Å². The van der Waals surface area contributed by atoms with Crippen LogP contribution < -0.4 is 5.32 Å². The van der Waals surface area contributed by atoms with Crippen molar-refractivity contribution in [1.82, 2.24) is 25.2 Å². The Balaban J connectivity index is 1.33. The van der Waals surface area contributed by atoms with Gasteiger partial charge in [0.05, 0.1) is 12.4 Å². The van der Waals surface area contributed by atoms with Gasteiger partial charge in [0.15, 0.2) is 11.6 Å². The molecule has 2 N–H and O–H groups in total. The van der Waals surface area contributed by atoms with Gasteiger partial charge in [0, 0.05) is 24.0 Å². The van der Waals surface area contributed by atoms with Crippen molar-refractivity contribution in [2.24, 2.45) is 5.92 Å². The standard InChI is InChI=1S/C18H18N6O/c1-2-4-15-13(3-1)7-16(25-15)18-14(9-20-22-18)8-19-17-11-24(23-21-17)10-12-5-6-12/h1-4,7,9,11-12,19H,5-6,8,10H2,(H,20,22). The van der Waals surface area contributed by atoms with Crippen molar-refractivity contribution in [2.45, 2.75) is 25.9 Å². The summed E-state index contributed by atoms with van der Waals surface area (Å²) in [6.45, 7) is 1.57. The average Bonchev–Trinajstić information content (AvgIpc) is 3.04. The molecular weight excluding hydrogens is 316 g/mol. The van der Waals surface area contributed by atoms with Crippen LogP contribution in [-0.4, -0.2) is 25.2 Å². The molecule has 1 aliphatic carbocycles. The van der Waals surface area contributed by atoms with Crippen LogP contribution in [0.4, 0.5) is 5.82 Å². The van der Waals surface area contributed by atoms with Crippen LogP contribution in [0.15, 0.2) is 47.1 Å². The molecule has 0 amide bonds. The molecule has 126 valence electrons. The lowest BCUT2D eigenvalue weighted by Gasteiger charge is -2.02. The normalized spacial score (nSPS) is 14.2. The van der Waals surface area contributed by atoms with Gasteiger partial charge in [0.25, 0.3) is 0 Å². The summed E-state index contributed by atoms with van der Waals surface area (Å²) in [5, 5.41) is 19.9. The maximum Gasteiger partial charge on any atom is 0.168 e. The fourth-order valence-corrected chi connectivity index (χ4v) is 2.98. The highest BCUT2D eigenvalue weighted by molar-refractivity contribution is 5.82. The zero-order valence-electron chi connectivity index (χ0n) is 13.6. The largest absolute Gasteiger partial charge is 0.454 e. The van der Waals surface area contributed by atoms with Crippen LogP contribution in [0.5, 0.6) is 0 Å². The number of aromatic amines is 1. The van der Waals surface area contributed by atoms with Crippen molar-refractivity contribution in [1.29, 1.82) is 0 Å². The maximum atomic E-state index is 5.93. The molecule has 0 saturated heterocycles. The second kappa shape index (κ2) is 5.77. The third kappa shape index (κ3) is 2.88. The van der Waals surface area contributed by atoms with Gasteiger partial charge in [0.1, 0.15) is 11.3 Å². The molecule has 1 saturated carbocycles. The van der Waals surface area contributed by atoms with E-state index in [2.05, 4.69) is 25.8 Å². The molecule has 4 aromatic rings. The summed E-state index contributed by atoms with van der Waals surface area (Å²) < 4.78 is 7.84. The second-order valence-electron chi connectivity index (χ2n) is 6.54. The molecule has 3 aromatic heterocycles. The van der Waals surface area contributed by atoms with E-state index in [1.54, 1.807) is 0 Å². The van der Waals surface area contributed by atoms with E-state index in [0.29, 0.717) is 6.54 Å². The summed E-state index contributed by atoms with van der Waals surface area (Å²) in [6, 6.07) is 10.00. The van der Waals surface area contributed by atoms with Crippen molar-refractivity contribution in [2.75, 3.05) is 5.32 Å². The van der Waals surface area contributed by atoms with E-state index in [9.17, 15) is 0 Å². The zero-order chi connectivity index (χ0) is 16.6. The Morgan fingerprint density at radius 1 is 1.28 bits per heavy atom. The van der Waals surface area contributed by atoms with Gasteiger partial charge in [0.2, 0.25) is 0 Å². The quantitative estimate of drug-likeness (QED) is 0.564. The molecule has 0 atom stereocenters. The van der Waals surface area contributed by atoms with Crippen LogP contribution >= 0.6 is 0 Å². The van der Waals surface area contributed by atoms with Crippen LogP contribution in [0.1, 0.15) is 18.4 Å². The van der Waals surface area contributed by atoms with Crippen LogP contribution in [0.3, 0.4) is 0 Å². The van der Waals surface area contributed by atoms with E-state index in [0.717, 1.165) is 46.3 Å². The molecule has 5 rings (SSSR count). The second-order valence-corrected chi connectivity index (χ2v) is 6.54. The predicted octanol–water partition coefficient (Wildman–Crippen LogP) is 3.44. The Labute approximate surface area is 144 Å². The highest BCUT2D eigenvalue weighted by Crippen LogP contribution is 2.30. The van der Waals surface area contributed by atoms with Crippen molar-refractivity contribution in [3.63, 3.8) is 0 Å². The van der Waals surface area contributed by atoms with Crippen LogP contribution in [0.25, 0.3) is 22.4 Å². The van der Waals surface area contributed by atoms with Gasteiger partial charge in [-0.1, -0.05) is 23.4 Å². The zero-order valence-corrected chi connectivity index (χ0v) is 13.6. The summed E-state index contributed by atoms with van der Waals surface area (Å²) in [4.78, 5) is 0. The Morgan fingerprint density at radius 3 is 3.08 bits per heavy atom. The minimum atomic E-state index is 0.602. The first-order valence-corrected chi connectivity index (χ1v) is 8.50. The van der Waals surface area contributed by atoms with Crippen molar-refractivity contribution >= 4 is 16.8 Å². The maximum absolute atomic E-state index is 5.93. The Hall–Kier alpha value is -3.09. The molecular formula is C18H18N6O. The number of rotatable bonds is 6.